The second-order valence-electron chi connectivity index (χ2n) is 5.12. The first kappa shape index (κ1) is 14.7. The molecule has 0 rings (SSSR count). The third-order valence-corrected chi connectivity index (χ3v) is 9.42. The SMILES string of the molecule is C#CCCO[Si](C(C)C)(C(C)C)C(C)C.[H+]. The minimum absolute atomic E-state index is 0. The van der Waals surface area contributed by atoms with E-state index < -0.39 is 8.32 Å². The molecule has 0 amide bonds. The van der Waals surface area contributed by atoms with Crippen LogP contribution in [0.3, 0.4) is 0 Å². The molecule has 0 heterocycles. The van der Waals surface area contributed by atoms with Crippen LogP contribution in [0.15, 0.2) is 0 Å². The average Bonchev–Trinajstić information content (AvgIpc) is 2.10. The summed E-state index contributed by atoms with van der Waals surface area (Å²) in [7, 11) is -1.66. The van der Waals surface area contributed by atoms with Gasteiger partial charge in [0.1, 0.15) is 0 Å². The maximum atomic E-state index is 6.25. The van der Waals surface area contributed by atoms with Crippen molar-refractivity contribution >= 4 is 8.32 Å². The highest BCUT2D eigenvalue weighted by atomic mass is 28.4. The third-order valence-electron chi connectivity index (χ3n) is 3.31. The van der Waals surface area contributed by atoms with E-state index in [1.165, 1.54) is 0 Å². The second-order valence-corrected chi connectivity index (χ2v) is 10.6. The van der Waals surface area contributed by atoms with Crippen LogP contribution in [-0.4, -0.2) is 14.9 Å². The average molecular weight is 227 g/mol. The van der Waals surface area contributed by atoms with Gasteiger partial charge in [0.2, 0.25) is 0 Å². The summed E-state index contributed by atoms with van der Waals surface area (Å²) in [6, 6.07) is 0. The second kappa shape index (κ2) is 6.35. The van der Waals surface area contributed by atoms with Crippen molar-refractivity contribution in [2.45, 2.75) is 64.6 Å². The molecule has 0 fully saturated rings. The van der Waals surface area contributed by atoms with Crippen LogP contribution in [0.1, 0.15) is 49.4 Å². The Morgan fingerprint density at radius 2 is 1.47 bits per heavy atom. The standard InChI is InChI=1S/C13H26OSi/c1-8-9-10-14-15(11(2)3,12(4)5)13(6)7/h1,11-13H,9-10H2,2-7H3/p+1. The molecule has 0 atom stereocenters. The van der Waals surface area contributed by atoms with Gasteiger partial charge >= 0.3 is 1.43 Å². The third kappa shape index (κ3) is 3.36. The molecule has 0 aliphatic carbocycles. The lowest BCUT2D eigenvalue weighted by Gasteiger charge is -2.42. The van der Waals surface area contributed by atoms with E-state index in [4.69, 9.17) is 10.8 Å². The quantitative estimate of drug-likeness (QED) is 0.373. The van der Waals surface area contributed by atoms with E-state index in [-0.39, 0.29) is 1.43 Å². The molecule has 0 radical (unpaired) electrons. The largest absolute Gasteiger partial charge is 1.00 e. The van der Waals surface area contributed by atoms with Gasteiger partial charge in [-0.1, -0.05) is 41.5 Å². The normalized spacial score (nSPS) is 12.5. The van der Waals surface area contributed by atoms with Crippen molar-refractivity contribution in [2.75, 3.05) is 6.61 Å². The fourth-order valence-corrected chi connectivity index (χ4v) is 8.24. The van der Waals surface area contributed by atoms with Crippen LogP contribution in [0, 0.1) is 12.3 Å². The molecule has 0 spiro atoms. The molecule has 0 aromatic heterocycles. The van der Waals surface area contributed by atoms with Crippen LogP contribution in [-0.2, 0) is 4.43 Å². The molecule has 0 saturated carbocycles. The predicted molar refractivity (Wildman–Crippen MR) is 71.6 cm³/mol. The van der Waals surface area contributed by atoms with Gasteiger partial charge in [0, 0.05) is 13.0 Å². The molecule has 88 valence electrons. The van der Waals surface area contributed by atoms with E-state index in [9.17, 15) is 0 Å². The highest BCUT2D eigenvalue weighted by molar-refractivity contribution is 6.77. The lowest BCUT2D eigenvalue weighted by molar-refractivity contribution is 0.286. The van der Waals surface area contributed by atoms with Crippen LogP contribution >= 0.6 is 0 Å². The van der Waals surface area contributed by atoms with Crippen LogP contribution < -0.4 is 0 Å². The molecule has 0 aliphatic heterocycles. The van der Waals surface area contributed by atoms with Crippen LogP contribution in [0.25, 0.3) is 0 Å². The topological polar surface area (TPSA) is 9.23 Å². The maximum Gasteiger partial charge on any atom is 1.00 e. The molecule has 0 N–H and O–H groups in total. The van der Waals surface area contributed by atoms with Crippen LogP contribution in [0.4, 0.5) is 0 Å². The number of rotatable bonds is 6. The molecule has 0 unspecified atom stereocenters. The fraction of sp³-hybridized carbons (Fsp3) is 0.846. The van der Waals surface area contributed by atoms with Gasteiger partial charge < -0.3 is 4.43 Å². The molecule has 2 heteroatoms. The lowest BCUT2D eigenvalue weighted by Crippen LogP contribution is -2.47. The highest BCUT2D eigenvalue weighted by Crippen LogP contribution is 2.42. The Balaban J connectivity index is 0. The predicted octanol–water partition coefficient (Wildman–Crippen LogP) is 4.31. The highest BCUT2D eigenvalue weighted by Gasteiger charge is 2.44. The van der Waals surface area contributed by atoms with E-state index in [1.54, 1.807) is 0 Å². The van der Waals surface area contributed by atoms with Crippen molar-refractivity contribution in [3.63, 3.8) is 0 Å². The Kier molecular flexibility index (Phi) is 6.24. The molecule has 0 bridgehead atoms. The van der Waals surface area contributed by atoms with E-state index in [2.05, 4.69) is 47.5 Å². The van der Waals surface area contributed by atoms with Crippen molar-refractivity contribution in [3.8, 4) is 12.3 Å². The summed E-state index contributed by atoms with van der Waals surface area (Å²) in [5.74, 6) is 2.65. The summed E-state index contributed by atoms with van der Waals surface area (Å²) >= 11 is 0. The van der Waals surface area contributed by atoms with Gasteiger partial charge in [-0.2, -0.15) is 0 Å². The van der Waals surface area contributed by atoms with Gasteiger partial charge in [0.15, 0.2) is 8.32 Å². The zero-order valence-electron chi connectivity index (χ0n) is 12.1. The number of hydrogen-bond donors (Lipinski definition) is 0. The summed E-state index contributed by atoms with van der Waals surface area (Å²) in [5, 5.41) is 0. The fourth-order valence-electron chi connectivity index (χ4n) is 2.79. The summed E-state index contributed by atoms with van der Waals surface area (Å²) in [4.78, 5) is 0. The molecular formula is C13H27OSi+. The summed E-state index contributed by atoms with van der Waals surface area (Å²) in [6.07, 6.45) is 6.01. The molecule has 0 aromatic rings. The Morgan fingerprint density at radius 1 is 1.07 bits per heavy atom. The molecule has 0 aromatic carbocycles. The summed E-state index contributed by atoms with van der Waals surface area (Å²) in [6.45, 7) is 14.5. The van der Waals surface area contributed by atoms with Crippen LogP contribution in [0.5, 0.6) is 0 Å². The van der Waals surface area contributed by atoms with Gasteiger partial charge in [-0.15, -0.1) is 12.3 Å². The van der Waals surface area contributed by atoms with Gasteiger partial charge in [-0.3, -0.25) is 0 Å². The van der Waals surface area contributed by atoms with Crippen molar-refractivity contribution in [1.29, 1.82) is 0 Å². The zero-order chi connectivity index (χ0) is 12.1. The minimum Gasteiger partial charge on any atom is -0.415 e. The molecule has 15 heavy (non-hydrogen) atoms. The molecule has 0 aliphatic rings. The Labute approximate surface area is 98.2 Å². The van der Waals surface area contributed by atoms with E-state index in [0.717, 1.165) is 13.0 Å². The van der Waals surface area contributed by atoms with Crippen molar-refractivity contribution < 1.29 is 5.85 Å². The van der Waals surface area contributed by atoms with E-state index >= 15 is 0 Å². The van der Waals surface area contributed by atoms with Gasteiger partial charge in [0.05, 0.1) is 0 Å². The van der Waals surface area contributed by atoms with Crippen molar-refractivity contribution in [3.05, 3.63) is 0 Å². The molecule has 1 nitrogen and oxygen atoms in total. The maximum absolute atomic E-state index is 6.25. The van der Waals surface area contributed by atoms with Gasteiger partial charge in [-0.05, 0) is 16.6 Å². The number of hydrogen-bond acceptors (Lipinski definition) is 1. The monoisotopic (exact) mass is 227 g/mol. The summed E-state index contributed by atoms with van der Waals surface area (Å²) < 4.78 is 6.25. The molecular weight excluding hydrogens is 200 g/mol. The number of terminal acetylenes is 1. The Bertz CT molecular complexity index is 197. The first-order chi connectivity index (χ1) is 6.89. The summed E-state index contributed by atoms with van der Waals surface area (Å²) in [5.41, 5.74) is 1.95. The molecule has 0 saturated heterocycles. The van der Waals surface area contributed by atoms with Crippen molar-refractivity contribution in [1.82, 2.24) is 0 Å². The minimum atomic E-state index is -1.66. The first-order valence-corrected chi connectivity index (χ1v) is 8.11. The van der Waals surface area contributed by atoms with Gasteiger partial charge in [-0.25, -0.2) is 0 Å². The smallest absolute Gasteiger partial charge is 0.415 e. The Morgan fingerprint density at radius 3 is 1.73 bits per heavy atom. The van der Waals surface area contributed by atoms with Gasteiger partial charge in [0.25, 0.3) is 0 Å². The van der Waals surface area contributed by atoms with E-state index in [0.29, 0.717) is 16.6 Å². The van der Waals surface area contributed by atoms with E-state index in [1.807, 2.05) is 0 Å². The Hall–Kier alpha value is -0.263. The van der Waals surface area contributed by atoms with Crippen molar-refractivity contribution in [2.24, 2.45) is 0 Å². The van der Waals surface area contributed by atoms with Crippen LogP contribution in [0.2, 0.25) is 16.6 Å². The first-order valence-electron chi connectivity index (χ1n) is 5.97. The lowest BCUT2D eigenvalue weighted by atomic mass is 10.5. The zero-order valence-corrected chi connectivity index (χ0v) is 12.1.